The highest BCUT2D eigenvalue weighted by atomic mass is 16.1. The average molecular weight is 339 g/mol. The molecule has 0 atom stereocenters. The number of carbonyl (C=O) groups excluding carboxylic acids is 1. The third-order valence-corrected chi connectivity index (χ3v) is 4.53. The Kier molecular flexibility index (Phi) is 4.20. The first-order valence-corrected chi connectivity index (χ1v) is 8.51. The van der Waals surface area contributed by atoms with E-state index in [1.807, 2.05) is 60.7 Å². The van der Waals surface area contributed by atoms with Crippen molar-refractivity contribution in [2.75, 3.05) is 0 Å². The van der Waals surface area contributed by atoms with Crippen LogP contribution in [0.25, 0.3) is 10.9 Å². The molecule has 4 rings (SSSR count). The van der Waals surface area contributed by atoms with Gasteiger partial charge in [0.2, 0.25) is 5.43 Å². The number of hydrogen-bond donors (Lipinski definition) is 1. The predicted octanol–water partition coefficient (Wildman–Crippen LogP) is 4.35. The zero-order valence-electron chi connectivity index (χ0n) is 14.1. The molecule has 0 spiro atoms. The zero-order valence-corrected chi connectivity index (χ0v) is 14.1. The highest BCUT2D eigenvalue weighted by Gasteiger charge is 2.17. The Balaban J connectivity index is 1.78. The molecular formula is C23H17NO2. The number of H-pyrrole nitrogens is 1. The quantitative estimate of drug-likeness (QED) is 0.562. The summed E-state index contributed by atoms with van der Waals surface area (Å²) in [6, 6.07) is 24.7. The smallest absolute Gasteiger partial charge is 0.200 e. The van der Waals surface area contributed by atoms with E-state index in [-0.39, 0.29) is 16.8 Å². The fraction of sp³-hybridized carbons (Fsp3) is 0.0435. The van der Waals surface area contributed by atoms with E-state index >= 15 is 0 Å². The van der Waals surface area contributed by atoms with Crippen LogP contribution in [0.3, 0.4) is 0 Å². The summed E-state index contributed by atoms with van der Waals surface area (Å²) in [5.74, 6) is -0.247. The summed E-state index contributed by atoms with van der Waals surface area (Å²) in [4.78, 5) is 28.9. The zero-order chi connectivity index (χ0) is 17.9. The molecule has 0 saturated heterocycles. The number of rotatable bonds is 4. The number of fused-ring (bicyclic) bond motifs is 1. The van der Waals surface area contributed by atoms with Crippen molar-refractivity contribution < 1.29 is 4.79 Å². The third kappa shape index (κ3) is 2.95. The van der Waals surface area contributed by atoms with Crippen molar-refractivity contribution in [2.45, 2.75) is 6.42 Å². The van der Waals surface area contributed by atoms with Gasteiger partial charge in [-0.25, -0.2) is 0 Å². The van der Waals surface area contributed by atoms with E-state index in [1.165, 1.54) is 6.20 Å². The second-order valence-corrected chi connectivity index (χ2v) is 6.23. The van der Waals surface area contributed by atoms with Gasteiger partial charge in [0.25, 0.3) is 0 Å². The standard InChI is InChI=1S/C23H17NO2/c25-22(20-15-24-21-13-7-6-12-19(21)23(20)26)18-11-5-4-10-17(18)14-16-8-2-1-3-9-16/h1-13,15H,14H2,(H,24,26). The van der Waals surface area contributed by atoms with Gasteiger partial charge in [-0.1, -0.05) is 66.7 Å². The van der Waals surface area contributed by atoms with Crippen molar-refractivity contribution in [3.63, 3.8) is 0 Å². The Labute approximate surface area is 150 Å². The first kappa shape index (κ1) is 16.0. The molecule has 0 amide bonds. The molecule has 126 valence electrons. The minimum Gasteiger partial charge on any atom is -0.360 e. The molecule has 0 radical (unpaired) electrons. The van der Waals surface area contributed by atoms with E-state index in [0.717, 1.165) is 16.6 Å². The molecule has 3 nitrogen and oxygen atoms in total. The van der Waals surface area contributed by atoms with Gasteiger partial charge in [0.15, 0.2) is 5.78 Å². The molecule has 0 saturated carbocycles. The Hall–Kier alpha value is -3.46. The maximum atomic E-state index is 13.1. The summed E-state index contributed by atoms with van der Waals surface area (Å²) >= 11 is 0. The van der Waals surface area contributed by atoms with Crippen LogP contribution in [-0.4, -0.2) is 10.8 Å². The normalized spacial score (nSPS) is 10.8. The average Bonchev–Trinajstić information content (AvgIpc) is 2.69. The lowest BCUT2D eigenvalue weighted by Gasteiger charge is -2.09. The number of para-hydroxylation sites is 1. The number of pyridine rings is 1. The number of ketones is 1. The SMILES string of the molecule is O=C(c1ccccc1Cc1ccccc1)c1c[nH]c2ccccc2c1=O. The number of aromatic amines is 1. The maximum Gasteiger partial charge on any atom is 0.200 e. The maximum absolute atomic E-state index is 13.1. The summed E-state index contributed by atoms with van der Waals surface area (Å²) in [5, 5.41) is 0.527. The lowest BCUT2D eigenvalue weighted by molar-refractivity contribution is 0.103. The summed E-state index contributed by atoms with van der Waals surface area (Å²) in [5.41, 5.74) is 3.27. The van der Waals surface area contributed by atoms with E-state index in [2.05, 4.69) is 4.98 Å². The highest BCUT2D eigenvalue weighted by molar-refractivity contribution is 6.10. The molecule has 26 heavy (non-hydrogen) atoms. The van der Waals surface area contributed by atoms with Crippen molar-refractivity contribution in [1.82, 2.24) is 4.98 Å². The fourth-order valence-electron chi connectivity index (χ4n) is 3.19. The van der Waals surface area contributed by atoms with Crippen LogP contribution in [0.2, 0.25) is 0 Å². The lowest BCUT2D eigenvalue weighted by atomic mass is 9.94. The highest BCUT2D eigenvalue weighted by Crippen LogP contribution is 2.18. The van der Waals surface area contributed by atoms with Crippen LogP contribution in [0.15, 0.2) is 89.9 Å². The Morgan fingerprint density at radius 3 is 2.31 bits per heavy atom. The van der Waals surface area contributed by atoms with E-state index in [1.54, 1.807) is 18.2 Å². The molecule has 0 aliphatic rings. The number of carbonyl (C=O) groups is 1. The van der Waals surface area contributed by atoms with Crippen LogP contribution in [0.4, 0.5) is 0 Å². The molecule has 0 fully saturated rings. The Bertz CT molecular complexity index is 1140. The molecule has 4 aromatic rings. The van der Waals surface area contributed by atoms with E-state index in [9.17, 15) is 9.59 Å². The molecule has 1 heterocycles. The number of benzene rings is 3. The van der Waals surface area contributed by atoms with Crippen LogP contribution in [-0.2, 0) is 6.42 Å². The van der Waals surface area contributed by atoms with E-state index in [4.69, 9.17) is 0 Å². The largest absolute Gasteiger partial charge is 0.360 e. The summed E-state index contributed by atoms with van der Waals surface area (Å²) < 4.78 is 0. The van der Waals surface area contributed by atoms with Crippen molar-refractivity contribution >= 4 is 16.7 Å². The van der Waals surface area contributed by atoms with Crippen molar-refractivity contribution in [2.24, 2.45) is 0 Å². The van der Waals surface area contributed by atoms with Crippen molar-refractivity contribution in [3.05, 3.63) is 118 Å². The molecule has 1 N–H and O–H groups in total. The number of aromatic nitrogens is 1. The Morgan fingerprint density at radius 1 is 0.769 bits per heavy atom. The van der Waals surface area contributed by atoms with E-state index < -0.39 is 0 Å². The van der Waals surface area contributed by atoms with Gasteiger partial charge in [-0.2, -0.15) is 0 Å². The van der Waals surface area contributed by atoms with Gasteiger partial charge >= 0.3 is 0 Å². The van der Waals surface area contributed by atoms with Gasteiger partial charge in [0.05, 0.1) is 5.56 Å². The van der Waals surface area contributed by atoms with Crippen LogP contribution >= 0.6 is 0 Å². The molecule has 3 heteroatoms. The first-order valence-electron chi connectivity index (χ1n) is 8.51. The number of nitrogens with one attached hydrogen (secondary N) is 1. The van der Waals surface area contributed by atoms with Crippen LogP contribution in [0, 0.1) is 0 Å². The Morgan fingerprint density at radius 2 is 1.46 bits per heavy atom. The molecule has 0 bridgehead atoms. The second kappa shape index (κ2) is 6.81. The lowest BCUT2D eigenvalue weighted by Crippen LogP contribution is -2.18. The summed E-state index contributed by atoms with van der Waals surface area (Å²) in [7, 11) is 0. The van der Waals surface area contributed by atoms with Gasteiger partial charge in [-0.05, 0) is 29.7 Å². The van der Waals surface area contributed by atoms with Gasteiger partial charge in [0.1, 0.15) is 0 Å². The number of hydrogen-bond acceptors (Lipinski definition) is 2. The first-order chi connectivity index (χ1) is 12.7. The van der Waals surface area contributed by atoms with Gasteiger partial charge in [-0.3, -0.25) is 9.59 Å². The fourth-order valence-corrected chi connectivity index (χ4v) is 3.19. The van der Waals surface area contributed by atoms with Crippen LogP contribution in [0.1, 0.15) is 27.0 Å². The molecule has 0 aliphatic heterocycles. The van der Waals surface area contributed by atoms with Crippen molar-refractivity contribution in [1.29, 1.82) is 0 Å². The van der Waals surface area contributed by atoms with Crippen molar-refractivity contribution in [3.8, 4) is 0 Å². The molecule has 3 aromatic carbocycles. The van der Waals surface area contributed by atoms with Gasteiger partial charge in [-0.15, -0.1) is 0 Å². The van der Waals surface area contributed by atoms with Gasteiger partial charge < -0.3 is 4.98 Å². The summed E-state index contributed by atoms with van der Waals surface area (Å²) in [6.07, 6.45) is 2.17. The van der Waals surface area contributed by atoms with Crippen LogP contribution in [0.5, 0.6) is 0 Å². The third-order valence-electron chi connectivity index (χ3n) is 4.53. The second-order valence-electron chi connectivity index (χ2n) is 6.23. The molecule has 0 unspecified atom stereocenters. The summed E-state index contributed by atoms with van der Waals surface area (Å²) in [6.45, 7) is 0. The molecular weight excluding hydrogens is 322 g/mol. The molecule has 0 aliphatic carbocycles. The van der Waals surface area contributed by atoms with Gasteiger partial charge in [0, 0.05) is 22.7 Å². The van der Waals surface area contributed by atoms with E-state index in [0.29, 0.717) is 17.4 Å². The monoisotopic (exact) mass is 339 g/mol. The minimum atomic E-state index is -0.247. The predicted molar refractivity (Wildman–Crippen MR) is 104 cm³/mol. The minimum absolute atomic E-state index is 0.171. The van der Waals surface area contributed by atoms with Crippen LogP contribution < -0.4 is 5.43 Å². The molecule has 1 aromatic heterocycles. The topological polar surface area (TPSA) is 49.9 Å².